The number of hydrogen-bond donors (Lipinski definition) is 2. The number of terminal acetylenes is 1. The number of fused-ring (bicyclic) bond motifs is 1. The third-order valence-corrected chi connectivity index (χ3v) is 3.15. The van der Waals surface area contributed by atoms with Gasteiger partial charge in [0.2, 0.25) is 0 Å². The van der Waals surface area contributed by atoms with Gasteiger partial charge in [-0.2, -0.15) is 0 Å². The normalized spacial score (nSPS) is 34.9. The van der Waals surface area contributed by atoms with Crippen molar-refractivity contribution in [2.45, 2.75) is 31.0 Å². The average Bonchev–Trinajstić information content (AvgIpc) is 2.66. The molecule has 0 aromatic carbocycles. The van der Waals surface area contributed by atoms with Gasteiger partial charge < -0.3 is 4.74 Å². The van der Waals surface area contributed by atoms with E-state index in [1.54, 1.807) is 0 Å². The molecule has 2 aliphatic heterocycles. The zero-order valence-corrected chi connectivity index (χ0v) is 8.28. The average molecular weight is 195 g/mol. The molecule has 0 aliphatic carbocycles. The van der Waals surface area contributed by atoms with Gasteiger partial charge >= 0.3 is 0 Å². The molecule has 3 unspecified atom stereocenters. The molecule has 0 saturated carbocycles. The van der Waals surface area contributed by atoms with Crippen molar-refractivity contribution < 1.29 is 4.74 Å². The van der Waals surface area contributed by atoms with E-state index in [-0.39, 0.29) is 12.1 Å². The summed E-state index contributed by atoms with van der Waals surface area (Å²) in [7, 11) is 0. The van der Waals surface area contributed by atoms with Crippen molar-refractivity contribution in [1.29, 1.82) is 0 Å². The topological polar surface area (TPSA) is 50.5 Å². The summed E-state index contributed by atoms with van der Waals surface area (Å²) >= 11 is 0. The Hall–Kier alpha value is -0.600. The number of morpholine rings is 1. The second-order valence-electron chi connectivity index (χ2n) is 3.97. The molecule has 3 atom stereocenters. The van der Waals surface area contributed by atoms with Gasteiger partial charge in [-0.1, -0.05) is 5.92 Å². The van der Waals surface area contributed by atoms with Crippen LogP contribution in [0.4, 0.5) is 0 Å². The monoisotopic (exact) mass is 195 g/mol. The van der Waals surface area contributed by atoms with E-state index in [4.69, 9.17) is 17.0 Å². The first-order valence-corrected chi connectivity index (χ1v) is 5.13. The molecule has 0 spiro atoms. The summed E-state index contributed by atoms with van der Waals surface area (Å²) in [5.74, 6) is 7.97. The largest absolute Gasteiger partial charge is 0.373 e. The molecule has 2 rings (SSSR count). The molecule has 2 heterocycles. The Labute approximate surface area is 84.7 Å². The predicted molar refractivity (Wildman–Crippen MR) is 54.3 cm³/mol. The Morgan fingerprint density at radius 2 is 2.50 bits per heavy atom. The number of ether oxygens (including phenoxy) is 1. The lowest BCUT2D eigenvalue weighted by Gasteiger charge is -2.37. The molecule has 3 N–H and O–H groups in total. The summed E-state index contributed by atoms with van der Waals surface area (Å²) in [5, 5.41) is 0. The number of hydrazine groups is 1. The van der Waals surface area contributed by atoms with Crippen LogP contribution in [-0.2, 0) is 4.74 Å². The number of nitrogens with zero attached hydrogens (tertiary/aromatic N) is 1. The zero-order chi connectivity index (χ0) is 9.97. The first kappa shape index (κ1) is 9.94. The summed E-state index contributed by atoms with van der Waals surface area (Å²) in [6.07, 6.45) is 7.93. The summed E-state index contributed by atoms with van der Waals surface area (Å²) in [6.45, 7) is 2.88. The van der Waals surface area contributed by atoms with E-state index < -0.39 is 0 Å². The molecule has 2 aliphatic rings. The zero-order valence-electron chi connectivity index (χ0n) is 8.28. The SMILES string of the molecule is C#CC(NN)C1CN2CCCC2CO1. The van der Waals surface area contributed by atoms with E-state index in [0.717, 1.165) is 13.2 Å². The molecule has 0 aromatic heterocycles. The first-order chi connectivity index (χ1) is 6.85. The maximum absolute atomic E-state index is 5.71. The number of hydrogen-bond acceptors (Lipinski definition) is 4. The highest BCUT2D eigenvalue weighted by Gasteiger charge is 2.34. The lowest BCUT2D eigenvalue weighted by Crippen LogP contribution is -2.55. The van der Waals surface area contributed by atoms with Gasteiger partial charge in [-0.25, -0.2) is 5.43 Å². The van der Waals surface area contributed by atoms with Crippen LogP contribution in [0.15, 0.2) is 0 Å². The minimum Gasteiger partial charge on any atom is -0.373 e. The summed E-state index contributed by atoms with van der Waals surface area (Å²) in [4.78, 5) is 2.45. The molecule has 4 heteroatoms. The van der Waals surface area contributed by atoms with Crippen molar-refractivity contribution >= 4 is 0 Å². The Morgan fingerprint density at radius 1 is 1.64 bits per heavy atom. The number of nitrogens with one attached hydrogen (secondary N) is 1. The Morgan fingerprint density at radius 3 is 3.21 bits per heavy atom. The van der Waals surface area contributed by atoms with Crippen LogP contribution in [0.1, 0.15) is 12.8 Å². The highest BCUT2D eigenvalue weighted by molar-refractivity contribution is 5.04. The minimum atomic E-state index is -0.170. The van der Waals surface area contributed by atoms with Gasteiger partial charge in [0.1, 0.15) is 6.04 Å². The van der Waals surface area contributed by atoms with E-state index in [2.05, 4.69) is 16.2 Å². The molecule has 4 nitrogen and oxygen atoms in total. The van der Waals surface area contributed by atoms with E-state index in [9.17, 15) is 0 Å². The van der Waals surface area contributed by atoms with Gasteiger partial charge in [0, 0.05) is 12.6 Å². The van der Waals surface area contributed by atoms with Crippen LogP contribution in [0.5, 0.6) is 0 Å². The first-order valence-electron chi connectivity index (χ1n) is 5.13. The van der Waals surface area contributed by atoms with Gasteiger partial charge in [0.25, 0.3) is 0 Å². The molecule has 14 heavy (non-hydrogen) atoms. The fraction of sp³-hybridized carbons (Fsp3) is 0.800. The van der Waals surface area contributed by atoms with E-state index in [1.165, 1.54) is 19.4 Å². The van der Waals surface area contributed by atoms with Crippen LogP contribution in [0.2, 0.25) is 0 Å². The second kappa shape index (κ2) is 4.28. The van der Waals surface area contributed by atoms with Crippen LogP contribution in [0.25, 0.3) is 0 Å². The van der Waals surface area contributed by atoms with Gasteiger partial charge in [-0.3, -0.25) is 10.7 Å². The second-order valence-corrected chi connectivity index (χ2v) is 3.97. The molecule has 0 aromatic rings. The maximum Gasteiger partial charge on any atom is 0.109 e. The summed E-state index contributed by atoms with van der Waals surface area (Å²) in [5.41, 5.74) is 2.61. The third-order valence-electron chi connectivity index (χ3n) is 3.15. The highest BCUT2D eigenvalue weighted by atomic mass is 16.5. The predicted octanol–water partition coefficient (Wildman–Crippen LogP) is -0.685. The summed E-state index contributed by atoms with van der Waals surface area (Å²) < 4.78 is 5.71. The standard InChI is InChI=1S/C10H17N3O/c1-2-9(12-11)10-6-13-5-3-4-8(13)7-14-10/h1,8-10,12H,3-7,11H2. The molecule has 2 fully saturated rings. The Balaban J connectivity index is 1.94. The van der Waals surface area contributed by atoms with Crippen molar-refractivity contribution in [2.75, 3.05) is 19.7 Å². The molecule has 0 bridgehead atoms. The molecular formula is C10H17N3O. The fourth-order valence-electron chi connectivity index (χ4n) is 2.31. The van der Waals surface area contributed by atoms with Crippen molar-refractivity contribution in [3.63, 3.8) is 0 Å². The number of nitrogens with two attached hydrogens (primary N) is 1. The molecule has 2 saturated heterocycles. The maximum atomic E-state index is 5.71. The van der Waals surface area contributed by atoms with Crippen molar-refractivity contribution in [3.8, 4) is 12.3 Å². The van der Waals surface area contributed by atoms with Crippen LogP contribution in [0.3, 0.4) is 0 Å². The Kier molecular flexibility index (Phi) is 3.04. The molecule has 0 radical (unpaired) electrons. The fourth-order valence-corrected chi connectivity index (χ4v) is 2.31. The van der Waals surface area contributed by atoms with Crippen molar-refractivity contribution in [1.82, 2.24) is 10.3 Å². The van der Waals surface area contributed by atoms with E-state index in [0.29, 0.717) is 6.04 Å². The van der Waals surface area contributed by atoms with E-state index >= 15 is 0 Å². The summed E-state index contributed by atoms with van der Waals surface area (Å²) in [6, 6.07) is 0.444. The van der Waals surface area contributed by atoms with Crippen molar-refractivity contribution in [3.05, 3.63) is 0 Å². The van der Waals surface area contributed by atoms with Crippen LogP contribution < -0.4 is 11.3 Å². The van der Waals surface area contributed by atoms with Gasteiger partial charge in [0.15, 0.2) is 0 Å². The van der Waals surface area contributed by atoms with Crippen LogP contribution in [0, 0.1) is 12.3 Å². The van der Waals surface area contributed by atoms with Crippen LogP contribution >= 0.6 is 0 Å². The molecule has 78 valence electrons. The molecule has 0 amide bonds. The minimum absolute atomic E-state index is 0.0411. The number of rotatable bonds is 2. The van der Waals surface area contributed by atoms with Gasteiger partial charge in [-0.05, 0) is 19.4 Å². The van der Waals surface area contributed by atoms with Crippen LogP contribution in [-0.4, -0.2) is 42.8 Å². The Bertz CT molecular complexity index is 238. The van der Waals surface area contributed by atoms with Gasteiger partial charge in [-0.15, -0.1) is 6.42 Å². The highest BCUT2D eigenvalue weighted by Crippen LogP contribution is 2.23. The van der Waals surface area contributed by atoms with E-state index in [1.807, 2.05) is 0 Å². The smallest absolute Gasteiger partial charge is 0.109 e. The molecular weight excluding hydrogens is 178 g/mol. The van der Waals surface area contributed by atoms with Crippen molar-refractivity contribution in [2.24, 2.45) is 5.84 Å². The van der Waals surface area contributed by atoms with Gasteiger partial charge in [0.05, 0.1) is 12.7 Å². The lowest BCUT2D eigenvalue weighted by molar-refractivity contribution is -0.0563. The third kappa shape index (κ3) is 1.77. The quantitative estimate of drug-likeness (QED) is 0.348. The lowest BCUT2D eigenvalue weighted by atomic mass is 10.1.